The first-order chi connectivity index (χ1) is 16.9. The highest BCUT2D eigenvalue weighted by Gasteiger charge is 2.35. The summed E-state index contributed by atoms with van der Waals surface area (Å²) in [6.07, 6.45) is 8.46. The molecule has 0 atom stereocenters. The number of hydrogen-bond acceptors (Lipinski definition) is 7. The van der Waals surface area contributed by atoms with Crippen molar-refractivity contribution in [3.63, 3.8) is 0 Å². The van der Waals surface area contributed by atoms with E-state index >= 15 is 0 Å². The van der Waals surface area contributed by atoms with Crippen LogP contribution in [-0.4, -0.2) is 51.0 Å². The molecule has 2 amide bonds. The molecule has 1 aromatic carbocycles. The maximum atomic E-state index is 12.0. The van der Waals surface area contributed by atoms with Crippen LogP contribution in [0.1, 0.15) is 37.7 Å². The first kappa shape index (κ1) is 24.2. The molecule has 5 N–H and O–H groups in total. The van der Waals surface area contributed by atoms with E-state index in [4.69, 9.17) is 11.1 Å². The summed E-state index contributed by atoms with van der Waals surface area (Å²) in [6.45, 7) is 2.25. The minimum Gasteiger partial charge on any atom is -0.384 e. The van der Waals surface area contributed by atoms with E-state index in [1.807, 2.05) is 47.4 Å². The molecule has 0 radical (unpaired) electrons. The van der Waals surface area contributed by atoms with Gasteiger partial charge in [0.25, 0.3) is 5.91 Å². The summed E-state index contributed by atoms with van der Waals surface area (Å²) < 4.78 is 1.86. The molecule has 2 heterocycles. The number of aromatic nitrogens is 2. The molecule has 1 aromatic heterocycles. The van der Waals surface area contributed by atoms with Crippen LogP contribution < -0.4 is 16.4 Å². The molecule has 1 saturated carbocycles. The van der Waals surface area contributed by atoms with E-state index in [1.54, 1.807) is 0 Å². The molecule has 1 aliphatic heterocycles. The molecule has 35 heavy (non-hydrogen) atoms. The molecule has 1 saturated heterocycles. The van der Waals surface area contributed by atoms with Crippen LogP contribution in [0.5, 0.6) is 0 Å². The van der Waals surface area contributed by atoms with Gasteiger partial charge in [-0.3, -0.25) is 19.9 Å². The zero-order valence-corrected chi connectivity index (χ0v) is 19.5. The number of amides is 2. The summed E-state index contributed by atoms with van der Waals surface area (Å²) in [5.74, 6) is -1.48. The monoisotopic (exact) mass is 474 g/mol. The van der Waals surface area contributed by atoms with Crippen molar-refractivity contribution >= 4 is 17.6 Å². The Morgan fingerprint density at radius 3 is 2.60 bits per heavy atom. The van der Waals surface area contributed by atoms with E-state index in [0.29, 0.717) is 12.8 Å². The number of nitrogens with two attached hydrogens (primary N) is 1. The summed E-state index contributed by atoms with van der Waals surface area (Å²) in [4.78, 5) is 26.2. The average molecular weight is 475 g/mol. The Hall–Kier alpha value is -3.97. The maximum Gasteiger partial charge on any atom is 0.253 e. The normalized spacial score (nSPS) is 17.9. The van der Waals surface area contributed by atoms with Crippen molar-refractivity contribution < 1.29 is 9.59 Å². The number of carbonyl (C=O) groups excluding carboxylic acids is 2. The summed E-state index contributed by atoms with van der Waals surface area (Å²) in [6, 6.07) is 12.2. The lowest BCUT2D eigenvalue weighted by molar-refractivity contribution is -0.120. The molecule has 0 bridgehead atoms. The van der Waals surface area contributed by atoms with Gasteiger partial charge in [0, 0.05) is 43.5 Å². The smallest absolute Gasteiger partial charge is 0.253 e. The zero-order chi connectivity index (χ0) is 24.8. The number of piperidine rings is 1. The largest absolute Gasteiger partial charge is 0.384 e. The van der Waals surface area contributed by atoms with Gasteiger partial charge >= 0.3 is 0 Å². The lowest BCUT2D eigenvalue weighted by atomic mass is 9.84. The molecule has 182 valence electrons. The van der Waals surface area contributed by atoms with E-state index in [2.05, 4.69) is 26.7 Å². The number of nitriles is 1. The Morgan fingerprint density at radius 1 is 1.26 bits per heavy atom. The second-order valence-electron chi connectivity index (χ2n) is 9.23. The first-order valence-electron chi connectivity index (χ1n) is 11.7. The molecule has 0 unspecified atom stereocenters. The van der Waals surface area contributed by atoms with Crippen LogP contribution in [0.2, 0.25) is 0 Å². The van der Waals surface area contributed by atoms with E-state index in [9.17, 15) is 14.9 Å². The molecule has 2 aliphatic rings. The van der Waals surface area contributed by atoms with Crippen molar-refractivity contribution in [2.24, 2.45) is 11.7 Å². The third-order valence-corrected chi connectivity index (χ3v) is 6.55. The number of benzene rings is 1. The molecular formula is C25H30N8O2. The maximum absolute atomic E-state index is 12.0. The molecule has 2 aromatic rings. The number of carbonyl (C=O) groups is 2. The number of rotatable bonds is 9. The van der Waals surface area contributed by atoms with Gasteiger partial charge in [-0.2, -0.15) is 10.4 Å². The van der Waals surface area contributed by atoms with Crippen molar-refractivity contribution in [3.05, 3.63) is 60.1 Å². The Bertz CT molecular complexity index is 1150. The van der Waals surface area contributed by atoms with Gasteiger partial charge < -0.3 is 16.4 Å². The highest BCUT2D eigenvalue weighted by atomic mass is 16.2. The first-order valence-corrected chi connectivity index (χ1v) is 11.7. The molecule has 10 heteroatoms. The van der Waals surface area contributed by atoms with Crippen LogP contribution in [0.3, 0.4) is 0 Å². The van der Waals surface area contributed by atoms with Gasteiger partial charge in [0.05, 0.1) is 35.5 Å². The highest BCUT2D eigenvalue weighted by molar-refractivity contribution is 6.22. The number of hydrogen-bond donors (Lipinski definition) is 4. The number of nitrogens with zero attached hydrogens (tertiary/aromatic N) is 4. The summed E-state index contributed by atoms with van der Waals surface area (Å²) >= 11 is 0. The topological polar surface area (TPSA) is 153 Å². The van der Waals surface area contributed by atoms with E-state index in [0.717, 1.165) is 43.7 Å². The minimum absolute atomic E-state index is 0.0912. The van der Waals surface area contributed by atoms with Crippen molar-refractivity contribution in [3.8, 4) is 11.8 Å². The van der Waals surface area contributed by atoms with E-state index in [-0.39, 0.29) is 29.7 Å². The van der Waals surface area contributed by atoms with Crippen molar-refractivity contribution in [1.29, 1.82) is 10.7 Å². The van der Waals surface area contributed by atoms with Crippen LogP contribution >= 0.6 is 0 Å². The second kappa shape index (κ2) is 10.5. The van der Waals surface area contributed by atoms with Gasteiger partial charge in [-0.05, 0) is 37.8 Å². The summed E-state index contributed by atoms with van der Waals surface area (Å²) in [5.41, 5.74) is 6.93. The minimum atomic E-state index is -0.807. The predicted octanol–water partition coefficient (Wildman–Crippen LogP) is 1.58. The van der Waals surface area contributed by atoms with Gasteiger partial charge in [-0.25, -0.2) is 4.68 Å². The van der Waals surface area contributed by atoms with E-state index in [1.165, 1.54) is 6.20 Å². The number of para-hydroxylation sites is 1. The summed E-state index contributed by atoms with van der Waals surface area (Å²) in [5, 5.41) is 27.7. The Morgan fingerprint density at radius 2 is 1.97 bits per heavy atom. The Labute approximate surface area is 204 Å². The average Bonchev–Trinajstić information content (AvgIpc) is 3.60. The van der Waals surface area contributed by atoms with Gasteiger partial charge in [-0.15, -0.1) is 0 Å². The summed E-state index contributed by atoms with van der Waals surface area (Å²) in [7, 11) is 0. The van der Waals surface area contributed by atoms with Crippen LogP contribution in [0.25, 0.3) is 5.69 Å². The van der Waals surface area contributed by atoms with Crippen molar-refractivity contribution in [2.45, 2.75) is 44.2 Å². The van der Waals surface area contributed by atoms with Gasteiger partial charge in [0.15, 0.2) is 0 Å². The van der Waals surface area contributed by atoms with Gasteiger partial charge in [0.1, 0.15) is 5.84 Å². The van der Waals surface area contributed by atoms with Crippen LogP contribution in [-0.2, 0) is 16.1 Å². The fraction of sp³-hybridized carbons (Fsp3) is 0.400. The molecular weight excluding hydrogens is 444 g/mol. The lowest BCUT2D eigenvalue weighted by Crippen LogP contribution is -2.51. The van der Waals surface area contributed by atoms with Crippen molar-refractivity contribution in [1.82, 2.24) is 25.3 Å². The third kappa shape index (κ3) is 6.13. The standard InChI is InChI=1S/C25H30N8O2/c26-11-8-25(29-15-21(23(28)34)22(27)31-24(35)19-6-7-19)9-12-32(13-10-25)16-18-14-30-33(17-18)20-4-2-1-3-5-20/h1-5,14-15,17,19,29H,6-10,12-13,16H2,(H2,28,34)(H2,27,31,35)/b21-15+. The Kier molecular flexibility index (Phi) is 7.27. The van der Waals surface area contributed by atoms with Crippen LogP contribution in [0, 0.1) is 22.7 Å². The number of likely N-dealkylation sites (tertiary alicyclic amines) is 1. The predicted molar refractivity (Wildman–Crippen MR) is 130 cm³/mol. The number of primary amides is 1. The van der Waals surface area contributed by atoms with Gasteiger partial charge in [-0.1, -0.05) is 18.2 Å². The van der Waals surface area contributed by atoms with E-state index < -0.39 is 11.4 Å². The van der Waals surface area contributed by atoms with Gasteiger partial charge in [0.2, 0.25) is 5.91 Å². The molecule has 0 spiro atoms. The molecule has 10 nitrogen and oxygen atoms in total. The Balaban J connectivity index is 1.37. The molecule has 2 fully saturated rings. The fourth-order valence-corrected chi connectivity index (χ4v) is 4.21. The third-order valence-electron chi connectivity index (χ3n) is 6.55. The molecule has 1 aliphatic carbocycles. The van der Waals surface area contributed by atoms with Crippen molar-refractivity contribution in [2.75, 3.05) is 13.1 Å². The highest BCUT2D eigenvalue weighted by Crippen LogP contribution is 2.29. The quantitative estimate of drug-likeness (QED) is 0.246. The number of nitrogens with one attached hydrogen (secondary N) is 3. The SMILES string of the molecule is N#CCC1(N/C=C(\C(=N)NC(=O)C2CC2)C(N)=O)CCN(Cc2cnn(-c3ccccc3)c2)CC1. The second-order valence-corrected chi connectivity index (χ2v) is 9.23. The van der Waals surface area contributed by atoms with Crippen LogP contribution in [0.4, 0.5) is 0 Å². The lowest BCUT2D eigenvalue weighted by Gasteiger charge is -2.41. The van der Waals surface area contributed by atoms with Crippen LogP contribution in [0.15, 0.2) is 54.5 Å². The fourth-order valence-electron chi connectivity index (χ4n) is 4.21. The zero-order valence-electron chi connectivity index (χ0n) is 19.5. The molecule has 4 rings (SSSR count). The number of amidine groups is 1.